The van der Waals surface area contributed by atoms with Gasteiger partial charge < -0.3 is 9.84 Å². The van der Waals surface area contributed by atoms with Gasteiger partial charge in [-0.3, -0.25) is 14.9 Å². The number of benzene rings is 2. The van der Waals surface area contributed by atoms with Crippen molar-refractivity contribution >= 4 is 29.4 Å². The molecule has 0 aliphatic heterocycles. The van der Waals surface area contributed by atoms with Gasteiger partial charge in [-0.05, 0) is 42.8 Å². The molecular formula is C17H15NO6S. The van der Waals surface area contributed by atoms with E-state index < -0.39 is 16.9 Å². The lowest BCUT2D eigenvalue weighted by Gasteiger charge is -2.06. The van der Waals surface area contributed by atoms with Crippen molar-refractivity contribution in [3.05, 3.63) is 63.7 Å². The highest BCUT2D eigenvalue weighted by molar-refractivity contribution is 7.99. The highest BCUT2D eigenvalue weighted by Crippen LogP contribution is 2.35. The van der Waals surface area contributed by atoms with E-state index in [1.54, 1.807) is 37.3 Å². The van der Waals surface area contributed by atoms with Crippen molar-refractivity contribution in [2.75, 3.05) is 6.61 Å². The number of carbonyl (C=O) groups is 2. The molecule has 0 heterocycles. The van der Waals surface area contributed by atoms with Crippen molar-refractivity contribution in [3.63, 3.8) is 0 Å². The predicted molar refractivity (Wildman–Crippen MR) is 91.0 cm³/mol. The molecule has 0 aliphatic carbocycles. The molecule has 130 valence electrons. The summed E-state index contributed by atoms with van der Waals surface area (Å²) in [5.41, 5.74) is 0.608. The highest BCUT2D eigenvalue weighted by Gasteiger charge is 2.17. The van der Waals surface area contributed by atoms with E-state index in [9.17, 15) is 19.7 Å². The van der Waals surface area contributed by atoms with Crippen molar-refractivity contribution in [1.82, 2.24) is 0 Å². The van der Waals surface area contributed by atoms with Crippen molar-refractivity contribution < 1.29 is 24.4 Å². The predicted octanol–water partition coefficient (Wildman–Crippen LogP) is 3.55. The second-order valence-corrected chi connectivity index (χ2v) is 6.09. The third-order valence-electron chi connectivity index (χ3n) is 3.17. The molecule has 2 aromatic rings. The lowest BCUT2D eigenvalue weighted by Crippen LogP contribution is -2.04. The summed E-state index contributed by atoms with van der Waals surface area (Å²) in [7, 11) is 0. The lowest BCUT2D eigenvalue weighted by atomic mass is 10.1. The van der Waals surface area contributed by atoms with Crippen molar-refractivity contribution in [2.24, 2.45) is 0 Å². The van der Waals surface area contributed by atoms with E-state index in [1.165, 1.54) is 12.1 Å². The van der Waals surface area contributed by atoms with E-state index in [0.29, 0.717) is 20.9 Å². The standard InChI is InChI=1S/C17H15NO6S/c1-2-24-17(21)12-4-6-13(7-5-12)25-15-8-3-11(10-16(19)20)9-14(15)18(22)23/h3-9H,2,10H2,1H3,(H,19,20). The molecule has 2 rings (SSSR count). The highest BCUT2D eigenvalue weighted by atomic mass is 32.2. The summed E-state index contributed by atoms with van der Waals surface area (Å²) in [4.78, 5) is 34.2. The van der Waals surface area contributed by atoms with Crippen LogP contribution in [0, 0.1) is 10.1 Å². The number of nitro groups is 1. The van der Waals surface area contributed by atoms with E-state index in [-0.39, 0.29) is 18.7 Å². The van der Waals surface area contributed by atoms with Crippen LogP contribution in [0.15, 0.2) is 52.3 Å². The van der Waals surface area contributed by atoms with Crippen LogP contribution in [-0.2, 0) is 16.0 Å². The van der Waals surface area contributed by atoms with Crippen LogP contribution in [0.5, 0.6) is 0 Å². The number of carboxylic acid groups (broad SMARTS) is 1. The maximum atomic E-state index is 11.6. The fourth-order valence-electron chi connectivity index (χ4n) is 2.08. The summed E-state index contributed by atoms with van der Waals surface area (Å²) in [5.74, 6) is -1.48. The Morgan fingerprint density at radius 2 is 1.88 bits per heavy atom. The van der Waals surface area contributed by atoms with Gasteiger partial charge >= 0.3 is 11.9 Å². The largest absolute Gasteiger partial charge is 0.481 e. The van der Waals surface area contributed by atoms with Gasteiger partial charge in [0.2, 0.25) is 0 Å². The van der Waals surface area contributed by atoms with Gasteiger partial charge in [0.25, 0.3) is 5.69 Å². The quantitative estimate of drug-likeness (QED) is 0.456. The van der Waals surface area contributed by atoms with E-state index in [0.717, 1.165) is 11.8 Å². The van der Waals surface area contributed by atoms with Gasteiger partial charge in [0.05, 0.1) is 28.4 Å². The number of carboxylic acids is 1. The second-order valence-electron chi connectivity index (χ2n) is 4.98. The van der Waals surface area contributed by atoms with E-state index >= 15 is 0 Å². The zero-order valence-corrected chi connectivity index (χ0v) is 14.1. The minimum absolute atomic E-state index is 0.154. The molecule has 1 N–H and O–H groups in total. The Hall–Kier alpha value is -2.87. The molecule has 0 saturated heterocycles. The Morgan fingerprint density at radius 1 is 1.20 bits per heavy atom. The van der Waals surface area contributed by atoms with E-state index in [4.69, 9.17) is 9.84 Å². The number of hydrogen-bond acceptors (Lipinski definition) is 6. The fourth-order valence-corrected chi connectivity index (χ4v) is 2.98. The molecular weight excluding hydrogens is 346 g/mol. The Bertz CT molecular complexity index is 803. The SMILES string of the molecule is CCOC(=O)c1ccc(Sc2ccc(CC(=O)O)cc2[N+](=O)[O-])cc1. The van der Waals surface area contributed by atoms with Gasteiger partial charge in [-0.2, -0.15) is 0 Å². The normalized spacial score (nSPS) is 10.3. The molecule has 0 radical (unpaired) electrons. The van der Waals surface area contributed by atoms with Crippen LogP contribution in [0.1, 0.15) is 22.8 Å². The fraction of sp³-hybridized carbons (Fsp3) is 0.176. The van der Waals surface area contributed by atoms with Crippen LogP contribution in [0.3, 0.4) is 0 Å². The van der Waals surface area contributed by atoms with Crippen LogP contribution < -0.4 is 0 Å². The van der Waals surface area contributed by atoms with Gasteiger partial charge in [0, 0.05) is 11.0 Å². The number of nitro benzene ring substituents is 1. The third kappa shape index (κ3) is 5.05. The number of esters is 1. The van der Waals surface area contributed by atoms with Crippen LogP contribution >= 0.6 is 11.8 Å². The number of aliphatic carboxylic acids is 1. The first-order chi connectivity index (χ1) is 11.9. The smallest absolute Gasteiger partial charge is 0.338 e. The minimum Gasteiger partial charge on any atom is -0.481 e. The van der Waals surface area contributed by atoms with Crippen molar-refractivity contribution in [3.8, 4) is 0 Å². The van der Waals surface area contributed by atoms with Crippen molar-refractivity contribution in [1.29, 1.82) is 0 Å². The molecule has 0 spiro atoms. The molecule has 0 saturated carbocycles. The maximum Gasteiger partial charge on any atom is 0.338 e. The van der Waals surface area contributed by atoms with Crippen LogP contribution in [0.25, 0.3) is 0 Å². The number of carbonyl (C=O) groups excluding carboxylic acids is 1. The molecule has 7 nitrogen and oxygen atoms in total. The molecule has 0 aliphatic rings. The number of rotatable bonds is 7. The number of nitrogens with zero attached hydrogens (tertiary/aromatic N) is 1. The van der Waals surface area contributed by atoms with Crippen LogP contribution in [0.2, 0.25) is 0 Å². The summed E-state index contributed by atoms with van der Waals surface area (Å²) < 4.78 is 4.90. The van der Waals surface area contributed by atoms with Gasteiger partial charge in [-0.25, -0.2) is 4.79 Å². The molecule has 0 amide bonds. The summed E-state index contributed by atoms with van der Waals surface area (Å²) in [6.45, 7) is 2.00. The van der Waals surface area contributed by atoms with Crippen molar-refractivity contribution in [2.45, 2.75) is 23.1 Å². The monoisotopic (exact) mass is 361 g/mol. The second kappa shape index (κ2) is 8.29. The zero-order chi connectivity index (χ0) is 18.4. The Kier molecular flexibility index (Phi) is 6.13. The topological polar surface area (TPSA) is 107 Å². The summed E-state index contributed by atoms with van der Waals surface area (Å²) in [5, 5.41) is 20.0. The van der Waals surface area contributed by atoms with E-state index in [1.807, 2.05) is 0 Å². The number of ether oxygens (including phenoxy) is 1. The summed E-state index contributed by atoms with van der Waals surface area (Å²) >= 11 is 1.16. The average molecular weight is 361 g/mol. The molecule has 8 heteroatoms. The van der Waals surface area contributed by atoms with Gasteiger partial charge in [-0.1, -0.05) is 17.8 Å². The Morgan fingerprint density at radius 3 is 2.44 bits per heavy atom. The molecule has 0 fully saturated rings. The van der Waals surface area contributed by atoms with Gasteiger partial charge in [0.15, 0.2) is 0 Å². The maximum absolute atomic E-state index is 11.6. The van der Waals surface area contributed by atoms with Gasteiger partial charge in [0.1, 0.15) is 0 Å². The molecule has 0 atom stereocenters. The molecule has 25 heavy (non-hydrogen) atoms. The molecule has 2 aromatic carbocycles. The lowest BCUT2D eigenvalue weighted by molar-refractivity contribution is -0.387. The molecule has 0 unspecified atom stereocenters. The minimum atomic E-state index is -1.05. The van der Waals surface area contributed by atoms with Crippen LogP contribution in [0.4, 0.5) is 5.69 Å². The summed E-state index contributed by atoms with van der Waals surface area (Å²) in [6, 6.07) is 10.9. The third-order valence-corrected chi connectivity index (χ3v) is 4.24. The number of hydrogen-bond donors (Lipinski definition) is 1. The first kappa shape index (κ1) is 18.5. The van der Waals surface area contributed by atoms with E-state index in [2.05, 4.69) is 0 Å². The van der Waals surface area contributed by atoms with Gasteiger partial charge in [-0.15, -0.1) is 0 Å². The molecule has 0 bridgehead atoms. The first-order valence-electron chi connectivity index (χ1n) is 7.35. The van der Waals surface area contributed by atoms with Crippen LogP contribution in [-0.4, -0.2) is 28.6 Å². The first-order valence-corrected chi connectivity index (χ1v) is 8.16. The Balaban J connectivity index is 2.23. The Labute approximate surface area is 147 Å². The average Bonchev–Trinajstić information content (AvgIpc) is 2.56. The zero-order valence-electron chi connectivity index (χ0n) is 13.3. The molecule has 0 aromatic heterocycles. The summed E-state index contributed by atoms with van der Waals surface area (Å²) in [6.07, 6.45) is -0.278.